The lowest BCUT2D eigenvalue weighted by Crippen LogP contribution is -2.48. The summed E-state index contributed by atoms with van der Waals surface area (Å²) < 4.78 is 0. The third-order valence-electron chi connectivity index (χ3n) is 5.51. The Morgan fingerprint density at radius 3 is 2.83 bits per heavy atom. The Morgan fingerprint density at radius 1 is 1.33 bits per heavy atom. The van der Waals surface area contributed by atoms with Crippen LogP contribution >= 0.6 is 0 Å². The van der Waals surface area contributed by atoms with Crippen LogP contribution in [0.1, 0.15) is 39.0 Å². The highest BCUT2D eigenvalue weighted by Crippen LogP contribution is 2.41. The van der Waals surface area contributed by atoms with E-state index in [9.17, 15) is 4.79 Å². The number of hydrogen-bond acceptors (Lipinski definition) is 5. The van der Waals surface area contributed by atoms with Gasteiger partial charge in [-0.25, -0.2) is 9.97 Å². The number of nitrogens with one attached hydrogen (secondary N) is 1. The number of likely N-dealkylation sites (N-methyl/N-ethyl adjacent to an activating group) is 1. The van der Waals surface area contributed by atoms with Crippen molar-refractivity contribution in [1.82, 2.24) is 20.2 Å². The van der Waals surface area contributed by atoms with E-state index in [-0.39, 0.29) is 11.9 Å². The molecule has 3 rings (SSSR count). The molecule has 1 saturated heterocycles. The minimum atomic E-state index is -0.132. The van der Waals surface area contributed by atoms with Crippen LogP contribution < -0.4 is 10.2 Å². The molecule has 6 heteroatoms. The molecule has 2 aliphatic rings. The van der Waals surface area contributed by atoms with Crippen LogP contribution in [0.15, 0.2) is 18.5 Å². The van der Waals surface area contributed by atoms with Gasteiger partial charge in [0.25, 0.3) is 0 Å². The number of fused-ring (bicyclic) bond motifs is 1. The van der Waals surface area contributed by atoms with Gasteiger partial charge in [0.05, 0.1) is 0 Å². The first-order valence-electron chi connectivity index (χ1n) is 9.22. The summed E-state index contributed by atoms with van der Waals surface area (Å²) in [5, 5.41) is 3.12. The van der Waals surface area contributed by atoms with Crippen molar-refractivity contribution >= 4 is 11.9 Å². The minimum absolute atomic E-state index is 0.126. The van der Waals surface area contributed by atoms with Gasteiger partial charge in [-0.3, -0.25) is 4.79 Å². The molecule has 2 heterocycles. The second kappa shape index (κ2) is 7.92. The molecule has 0 unspecified atom stereocenters. The maximum atomic E-state index is 12.8. The highest BCUT2D eigenvalue weighted by atomic mass is 16.2. The summed E-state index contributed by atoms with van der Waals surface area (Å²) in [4.78, 5) is 26.1. The second-order valence-corrected chi connectivity index (χ2v) is 7.01. The normalized spacial score (nSPS) is 26.5. The summed E-state index contributed by atoms with van der Waals surface area (Å²) in [6.07, 6.45) is 9.34. The lowest BCUT2D eigenvalue weighted by atomic mass is 9.85. The third kappa shape index (κ3) is 3.69. The molecule has 0 spiro atoms. The van der Waals surface area contributed by atoms with Crippen molar-refractivity contribution in [3.05, 3.63) is 18.5 Å². The van der Waals surface area contributed by atoms with Crippen LogP contribution in [0.25, 0.3) is 0 Å². The van der Waals surface area contributed by atoms with Gasteiger partial charge in [0.1, 0.15) is 6.04 Å². The summed E-state index contributed by atoms with van der Waals surface area (Å²) in [7, 11) is 2.07. The van der Waals surface area contributed by atoms with Crippen molar-refractivity contribution in [2.24, 2.45) is 5.92 Å². The minimum Gasteiger partial charge on any atom is -0.353 e. The zero-order chi connectivity index (χ0) is 16.9. The highest BCUT2D eigenvalue weighted by Gasteiger charge is 2.46. The van der Waals surface area contributed by atoms with Crippen molar-refractivity contribution in [1.29, 1.82) is 0 Å². The van der Waals surface area contributed by atoms with Gasteiger partial charge in [-0.1, -0.05) is 19.8 Å². The van der Waals surface area contributed by atoms with Gasteiger partial charge in [-0.2, -0.15) is 0 Å². The van der Waals surface area contributed by atoms with E-state index in [1.165, 1.54) is 19.3 Å². The monoisotopic (exact) mass is 331 g/mol. The van der Waals surface area contributed by atoms with Gasteiger partial charge in [-0.15, -0.1) is 0 Å². The fourth-order valence-electron chi connectivity index (χ4n) is 4.05. The largest absolute Gasteiger partial charge is 0.353 e. The number of hydrogen-bond donors (Lipinski definition) is 1. The number of rotatable bonds is 6. The zero-order valence-electron chi connectivity index (χ0n) is 14.8. The van der Waals surface area contributed by atoms with E-state index < -0.39 is 0 Å². The summed E-state index contributed by atoms with van der Waals surface area (Å²) >= 11 is 0. The van der Waals surface area contributed by atoms with Gasteiger partial charge in [0.15, 0.2) is 0 Å². The van der Waals surface area contributed by atoms with Crippen LogP contribution in [-0.2, 0) is 4.79 Å². The average Bonchev–Trinajstić information content (AvgIpc) is 3.01. The molecule has 2 fully saturated rings. The number of carbonyl (C=O) groups is 1. The molecule has 0 aromatic carbocycles. The van der Waals surface area contributed by atoms with Crippen LogP contribution in [0.4, 0.5) is 5.95 Å². The Kier molecular flexibility index (Phi) is 5.66. The maximum Gasteiger partial charge on any atom is 0.242 e. The smallest absolute Gasteiger partial charge is 0.242 e. The highest BCUT2D eigenvalue weighted by molar-refractivity contribution is 5.85. The molecule has 1 aliphatic heterocycles. The van der Waals surface area contributed by atoms with Crippen LogP contribution in [0.3, 0.4) is 0 Å². The number of carbonyl (C=O) groups excluding carboxylic acids is 1. The van der Waals surface area contributed by atoms with E-state index in [4.69, 9.17) is 0 Å². The molecule has 1 saturated carbocycles. The Bertz CT molecular complexity index is 537. The van der Waals surface area contributed by atoms with Crippen LogP contribution in [0.2, 0.25) is 0 Å². The lowest BCUT2D eigenvalue weighted by molar-refractivity contribution is -0.122. The molecular weight excluding hydrogens is 302 g/mol. The first-order valence-corrected chi connectivity index (χ1v) is 9.22. The van der Waals surface area contributed by atoms with E-state index >= 15 is 0 Å². The number of anilines is 1. The van der Waals surface area contributed by atoms with E-state index in [0.29, 0.717) is 24.5 Å². The van der Waals surface area contributed by atoms with E-state index in [1.54, 1.807) is 12.4 Å². The van der Waals surface area contributed by atoms with Crippen LogP contribution in [0, 0.1) is 5.92 Å². The summed E-state index contributed by atoms with van der Waals surface area (Å²) in [5.41, 5.74) is 0. The van der Waals surface area contributed by atoms with Gasteiger partial charge < -0.3 is 15.1 Å². The molecule has 1 aliphatic carbocycles. The van der Waals surface area contributed by atoms with Crippen molar-refractivity contribution in [3.63, 3.8) is 0 Å². The zero-order valence-corrected chi connectivity index (χ0v) is 14.8. The van der Waals surface area contributed by atoms with Crippen molar-refractivity contribution in [2.75, 3.05) is 31.6 Å². The first-order chi connectivity index (χ1) is 11.7. The van der Waals surface area contributed by atoms with E-state index in [2.05, 4.69) is 39.1 Å². The number of nitrogens with zero attached hydrogens (tertiary/aromatic N) is 4. The molecule has 0 radical (unpaired) electrons. The fourth-order valence-corrected chi connectivity index (χ4v) is 4.05. The van der Waals surface area contributed by atoms with E-state index in [1.807, 2.05) is 6.07 Å². The molecule has 132 valence electrons. The maximum absolute atomic E-state index is 12.8. The van der Waals surface area contributed by atoms with Crippen molar-refractivity contribution < 1.29 is 4.79 Å². The predicted molar refractivity (Wildman–Crippen MR) is 94.8 cm³/mol. The molecular formula is C18H29N5O. The second-order valence-electron chi connectivity index (χ2n) is 7.01. The van der Waals surface area contributed by atoms with Gasteiger partial charge in [0, 0.05) is 31.5 Å². The molecule has 1 amide bonds. The van der Waals surface area contributed by atoms with Gasteiger partial charge >= 0.3 is 0 Å². The van der Waals surface area contributed by atoms with Gasteiger partial charge in [0.2, 0.25) is 11.9 Å². The number of aromatic nitrogens is 2. The molecule has 1 aromatic heterocycles. The summed E-state index contributed by atoms with van der Waals surface area (Å²) in [6.45, 7) is 4.69. The SMILES string of the molecule is CCN(C)CCNC(=O)[C@@H]1C[C@@H]2CCCC[C@H]2N1c1ncccn1. The predicted octanol–water partition coefficient (Wildman–Crippen LogP) is 1.68. The van der Waals surface area contributed by atoms with Crippen LogP contribution in [-0.4, -0.2) is 59.5 Å². The van der Waals surface area contributed by atoms with Crippen molar-refractivity contribution in [3.8, 4) is 0 Å². The van der Waals surface area contributed by atoms with Crippen molar-refractivity contribution in [2.45, 2.75) is 51.1 Å². The Balaban J connectivity index is 1.71. The van der Waals surface area contributed by atoms with E-state index in [0.717, 1.165) is 25.9 Å². The fraction of sp³-hybridized carbons (Fsp3) is 0.722. The summed E-state index contributed by atoms with van der Waals surface area (Å²) in [5.74, 6) is 1.43. The average molecular weight is 331 g/mol. The molecule has 24 heavy (non-hydrogen) atoms. The Labute approximate surface area is 144 Å². The topological polar surface area (TPSA) is 61.4 Å². The Hall–Kier alpha value is -1.69. The molecule has 3 atom stereocenters. The first kappa shape index (κ1) is 17.1. The van der Waals surface area contributed by atoms with Gasteiger partial charge in [-0.05, 0) is 44.8 Å². The molecule has 6 nitrogen and oxygen atoms in total. The number of amides is 1. The third-order valence-corrected chi connectivity index (χ3v) is 5.51. The summed E-state index contributed by atoms with van der Waals surface area (Å²) in [6, 6.07) is 2.11. The Morgan fingerprint density at radius 2 is 2.08 bits per heavy atom. The standard InChI is InChI=1S/C18H29N5O/c1-3-22(2)12-11-19-17(24)16-13-14-7-4-5-8-15(14)23(16)18-20-9-6-10-21-18/h6,9-10,14-16H,3-5,7-8,11-13H2,1-2H3,(H,19,24)/t14-,15+,16-/m0/s1. The molecule has 1 aromatic rings. The molecule has 0 bridgehead atoms. The van der Waals surface area contributed by atoms with Crippen LogP contribution in [0.5, 0.6) is 0 Å². The lowest BCUT2D eigenvalue weighted by Gasteiger charge is -2.33. The molecule has 1 N–H and O–H groups in total. The quantitative estimate of drug-likeness (QED) is 0.859.